The molecule has 0 aromatic heterocycles. The van der Waals surface area contributed by atoms with Crippen molar-refractivity contribution in [1.29, 1.82) is 0 Å². The number of ether oxygens (including phenoxy) is 2. The van der Waals surface area contributed by atoms with E-state index in [0.29, 0.717) is 18.7 Å². The molecule has 0 amide bonds. The van der Waals surface area contributed by atoms with E-state index in [1.54, 1.807) is 7.11 Å². The average Bonchev–Trinajstić information content (AvgIpc) is 3.03. The molecule has 3 heterocycles. The second-order valence-electron chi connectivity index (χ2n) is 8.15. The quantitative estimate of drug-likeness (QED) is 0.631. The maximum absolute atomic E-state index is 6.50. The number of rotatable bonds is 8. The second-order valence-corrected chi connectivity index (χ2v) is 8.15. The van der Waals surface area contributed by atoms with E-state index < -0.39 is 0 Å². The second kappa shape index (κ2) is 9.57. The first-order valence-corrected chi connectivity index (χ1v) is 10.6. The molecule has 4 heteroatoms. The molecular formula is C25H32N2O2. The van der Waals surface area contributed by atoms with E-state index in [1.807, 2.05) is 6.08 Å². The normalized spacial score (nSPS) is 24.9. The van der Waals surface area contributed by atoms with Crippen LogP contribution >= 0.6 is 0 Å². The van der Waals surface area contributed by atoms with Crippen LogP contribution in [0.2, 0.25) is 0 Å². The summed E-state index contributed by atoms with van der Waals surface area (Å²) in [7, 11) is 1.71. The SMILES string of the molecule is C=CCN1C[C@H]2[C@@H](OCc3ccccc3)CC[C@@H]1CN2Cc1ccc(OC)cc1. The molecule has 5 rings (SSSR count). The average molecular weight is 393 g/mol. The lowest BCUT2D eigenvalue weighted by molar-refractivity contribution is -0.0467. The molecule has 0 N–H and O–H groups in total. The Kier molecular flexibility index (Phi) is 6.65. The van der Waals surface area contributed by atoms with Crippen molar-refractivity contribution in [2.75, 3.05) is 26.7 Å². The lowest BCUT2D eigenvalue weighted by Gasteiger charge is -2.45. The summed E-state index contributed by atoms with van der Waals surface area (Å²) >= 11 is 0. The zero-order valence-corrected chi connectivity index (χ0v) is 17.4. The molecule has 0 aliphatic carbocycles. The lowest BCUT2D eigenvalue weighted by Crippen LogP contribution is -2.58. The van der Waals surface area contributed by atoms with Gasteiger partial charge < -0.3 is 9.47 Å². The number of hydrogen-bond acceptors (Lipinski definition) is 4. The Labute approximate surface area is 174 Å². The van der Waals surface area contributed by atoms with Gasteiger partial charge in [-0.15, -0.1) is 6.58 Å². The number of hydrogen-bond donors (Lipinski definition) is 0. The van der Waals surface area contributed by atoms with Crippen molar-refractivity contribution in [1.82, 2.24) is 9.80 Å². The Balaban J connectivity index is 1.49. The van der Waals surface area contributed by atoms with Crippen LogP contribution in [0.3, 0.4) is 0 Å². The maximum Gasteiger partial charge on any atom is 0.118 e. The molecule has 2 aromatic rings. The third-order valence-corrected chi connectivity index (χ3v) is 6.28. The fraction of sp³-hybridized carbons (Fsp3) is 0.440. The van der Waals surface area contributed by atoms with Gasteiger partial charge in [0.2, 0.25) is 0 Å². The molecule has 3 fully saturated rings. The van der Waals surface area contributed by atoms with Crippen LogP contribution in [0.25, 0.3) is 0 Å². The van der Waals surface area contributed by atoms with Crippen LogP contribution in [0, 0.1) is 0 Å². The smallest absolute Gasteiger partial charge is 0.118 e. The number of fused-ring (bicyclic) bond motifs is 4. The standard InChI is InChI=1S/C25H32N2O2/c1-3-15-26-18-24-25(29-19-21-7-5-4-6-8-21)14-11-22(26)17-27(24)16-20-9-12-23(28-2)13-10-20/h3-10,12-13,22,24-25H,1,11,14-19H2,2H3/t22-,24+,25+/m1/s1. The van der Waals surface area contributed by atoms with Crippen LogP contribution in [0.15, 0.2) is 67.3 Å². The predicted octanol–water partition coefficient (Wildman–Crippen LogP) is 4.12. The number of piperazine rings is 1. The summed E-state index contributed by atoms with van der Waals surface area (Å²) in [4.78, 5) is 5.22. The van der Waals surface area contributed by atoms with E-state index in [-0.39, 0.29) is 6.10 Å². The van der Waals surface area contributed by atoms with Crippen LogP contribution < -0.4 is 4.74 Å². The van der Waals surface area contributed by atoms with Crippen LogP contribution in [0.5, 0.6) is 5.75 Å². The first kappa shape index (κ1) is 20.1. The monoisotopic (exact) mass is 392 g/mol. The maximum atomic E-state index is 6.50. The van der Waals surface area contributed by atoms with Gasteiger partial charge >= 0.3 is 0 Å². The molecule has 3 saturated heterocycles. The first-order valence-electron chi connectivity index (χ1n) is 10.6. The van der Waals surface area contributed by atoms with Crippen molar-refractivity contribution in [2.24, 2.45) is 0 Å². The molecule has 3 aliphatic heterocycles. The highest BCUT2D eigenvalue weighted by molar-refractivity contribution is 5.27. The van der Waals surface area contributed by atoms with E-state index in [2.05, 4.69) is 71.0 Å². The first-order chi connectivity index (χ1) is 14.3. The van der Waals surface area contributed by atoms with Gasteiger partial charge in [-0.3, -0.25) is 9.80 Å². The minimum Gasteiger partial charge on any atom is -0.497 e. The summed E-state index contributed by atoms with van der Waals surface area (Å²) in [5, 5.41) is 0. The molecular weight excluding hydrogens is 360 g/mol. The number of nitrogens with zero attached hydrogens (tertiary/aromatic N) is 2. The highest BCUT2D eigenvalue weighted by Gasteiger charge is 2.41. The third kappa shape index (κ3) is 4.89. The van der Waals surface area contributed by atoms with Crippen molar-refractivity contribution in [3.05, 3.63) is 78.4 Å². The number of methoxy groups -OCH3 is 1. The highest BCUT2D eigenvalue weighted by Crippen LogP contribution is 2.31. The molecule has 3 atom stereocenters. The van der Waals surface area contributed by atoms with Crippen molar-refractivity contribution in [3.8, 4) is 5.75 Å². The fourth-order valence-corrected chi connectivity index (χ4v) is 4.71. The molecule has 29 heavy (non-hydrogen) atoms. The lowest BCUT2D eigenvalue weighted by atomic mass is 10.0. The van der Waals surface area contributed by atoms with Crippen LogP contribution in [-0.2, 0) is 17.9 Å². The fourth-order valence-electron chi connectivity index (χ4n) is 4.71. The van der Waals surface area contributed by atoms with Crippen molar-refractivity contribution in [2.45, 2.75) is 44.2 Å². The highest BCUT2D eigenvalue weighted by atomic mass is 16.5. The number of benzene rings is 2. The molecule has 0 unspecified atom stereocenters. The summed E-state index contributed by atoms with van der Waals surface area (Å²) in [5.74, 6) is 0.910. The van der Waals surface area contributed by atoms with Gasteiger partial charge in [0.15, 0.2) is 0 Å². The van der Waals surface area contributed by atoms with Gasteiger partial charge in [0.1, 0.15) is 5.75 Å². The Morgan fingerprint density at radius 2 is 1.76 bits per heavy atom. The summed E-state index contributed by atoms with van der Waals surface area (Å²) < 4.78 is 11.8. The van der Waals surface area contributed by atoms with Crippen molar-refractivity contribution in [3.63, 3.8) is 0 Å². The van der Waals surface area contributed by atoms with Gasteiger partial charge in [0.05, 0.1) is 19.8 Å². The van der Waals surface area contributed by atoms with Crippen LogP contribution in [0.4, 0.5) is 0 Å². The Morgan fingerprint density at radius 3 is 2.48 bits per heavy atom. The van der Waals surface area contributed by atoms with E-state index in [1.165, 1.54) is 17.5 Å². The zero-order chi connectivity index (χ0) is 20.1. The van der Waals surface area contributed by atoms with Gasteiger partial charge in [-0.2, -0.15) is 0 Å². The van der Waals surface area contributed by atoms with Gasteiger partial charge in [-0.25, -0.2) is 0 Å². The van der Waals surface area contributed by atoms with Crippen molar-refractivity contribution < 1.29 is 9.47 Å². The minimum absolute atomic E-state index is 0.258. The Morgan fingerprint density at radius 1 is 0.966 bits per heavy atom. The molecule has 0 radical (unpaired) electrons. The molecule has 2 bridgehead atoms. The zero-order valence-electron chi connectivity index (χ0n) is 17.4. The van der Waals surface area contributed by atoms with E-state index in [4.69, 9.17) is 9.47 Å². The Hall–Kier alpha value is -2.14. The van der Waals surface area contributed by atoms with E-state index in [0.717, 1.165) is 38.3 Å². The third-order valence-electron chi connectivity index (χ3n) is 6.28. The summed E-state index contributed by atoms with van der Waals surface area (Å²) in [6.07, 6.45) is 4.60. The largest absolute Gasteiger partial charge is 0.497 e. The van der Waals surface area contributed by atoms with E-state index >= 15 is 0 Å². The molecule has 4 nitrogen and oxygen atoms in total. The molecule has 2 aromatic carbocycles. The predicted molar refractivity (Wildman–Crippen MR) is 117 cm³/mol. The van der Waals surface area contributed by atoms with Crippen LogP contribution in [-0.4, -0.2) is 54.7 Å². The Bertz CT molecular complexity index is 777. The van der Waals surface area contributed by atoms with Gasteiger partial charge in [-0.1, -0.05) is 48.5 Å². The van der Waals surface area contributed by atoms with E-state index in [9.17, 15) is 0 Å². The topological polar surface area (TPSA) is 24.9 Å². The molecule has 3 aliphatic rings. The van der Waals surface area contributed by atoms with Gasteiger partial charge in [-0.05, 0) is 36.1 Å². The molecule has 154 valence electrons. The van der Waals surface area contributed by atoms with Crippen LogP contribution in [0.1, 0.15) is 24.0 Å². The van der Waals surface area contributed by atoms with Gasteiger partial charge in [0.25, 0.3) is 0 Å². The molecule has 0 saturated carbocycles. The van der Waals surface area contributed by atoms with Gasteiger partial charge in [0, 0.05) is 38.3 Å². The molecule has 0 spiro atoms. The minimum atomic E-state index is 0.258. The summed E-state index contributed by atoms with van der Waals surface area (Å²) in [6.45, 7) is 8.71. The van der Waals surface area contributed by atoms with Crippen molar-refractivity contribution >= 4 is 0 Å². The summed E-state index contributed by atoms with van der Waals surface area (Å²) in [5.41, 5.74) is 2.58. The summed E-state index contributed by atoms with van der Waals surface area (Å²) in [6, 6.07) is 20.0.